The molecule has 0 bridgehead atoms. The molecular formula is C10H15NO3. The van der Waals surface area contributed by atoms with E-state index in [-0.39, 0.29) is 24.3 Å². The third kappa shape index (κ3) is 1.61. The van der Waals surface area contributed by atoms with E-state index in [0.29, 0.717) is 6.42 Å². The van der Waals surface area contributed by atoms with Gasteiger partial charge in [0.2, 0.25) is 5.91 Å². The van der Waals surface area contributed by atoms with Crippen molar-refractivity contribution in [3.8, 4) is 0 Å². The SMILES string of the molecule is O=C(O)CC1CC(=O)N2CCCCC12. The first-order chi connectivity index (χ1) is 6.68. The minimum atomic E-state index is -0.782. The molecule has 2 heterocycles. The number of fused-ring (bicyclic) bond motifs is 1. The molecule has 0 saturated carbocycles. The number of carboxylic acid groups (broad SMARTS) is 1. The molecule has 2 saturated heterocycles. The van der Waals surface area contributed by atoms with Crippen LogP contribution >= 0.6 is 0 Å². The summed E-state index contributed by atoms with van der Waals surface area (Å²) in [6.45, 7) is 0.833. The highest BCUT2D eigenvalue weighted by Gasteiger charge is 2.41. The average Bonchev–Trinajstić information content (AvgIpc) is 2.44. The van der Waals surface area contributed by atoms with Gasteiger partial charge in [-0.15, -0.1) is 0 Å². The lowest BCUT2D eigenvalue weighted by atomic mass is 9.91. The summed E-state index contributed by atoms with van der Waals surface area (Å²) in [5.41, 5.74) is 0. The summed E-state index contributed by atoms with van der Waals surface area (Å²) >= 11 is 0. The number of carbonyl (C=O) groups excluding carboxylic acids is 1. The summed E-state index contributed by atoms with van der Waals surface area (Å²) < 4.78 is 0. The van der Waals surface area contributed by atoms with E-state index >= 15 is 0 Å². The molecule has 2 fully saturated rings. The van der Waals surface area contributed by atoms with Crippen LogP contribution < -0.4 is 0 Å². The van der Waals surface area contributed by atoms with Crippen LogP contribution in [0.25, 0.3) is 0 Å². The molecule has 4 heteroatoms. The number of nitrogens with zero attached hydrogens (tertiary/aromatic N) is 1. The lowest BCUT2D eigenvalue weighted by molar-refractivity contribution is -0.138. The fraction of sp³-hybridized carbons (Fsp3) is 0.800. The van der Waals surface area contributed by atoms with Crippen molar-refractivity contribution in [3.63, 3.8) is 0 Å². The van der Waals surface area contributed by atoms with Crippen molar-refractivity contribution in [2.45, 2.75) is 38.1 Å². The molecule has 0 aromatic carbocycles. The third-order valence-corrected chi connectivity index (χ3v) is 3.29. The maximum absolute atomic E-state index is 11.5. The Morgan fingerprint density at radius 3 is 3.00 bits per heavy atom. The second kappa shape index (κ2) is 3.59. The molecule has 4 nitrogen and oxygen atoms in total. The largest absolute Gasteiger partial charge is 0.481 e. The van der Waals surface area contributed by atoms with Crippen molar-refractivity contribution >= 4 is 11.9 Å². The van der Waals surface area contributed by atoms with E-state index in [1.54, 1.807) is 0 Å². The predicted octanol–water partition coefficient (Wildman–Crippen LogP) is 0.862. The van der Waals surface area contributed by atoms with Crippen LogP contribution in [0.2, 0.25) is 0 Å². The Kier molecular flexibility index (Phi) is 2.44. The van der Waals surface area contributed by atoms with Crippen molar-refractivity contribution in [3.05, 3.63) is 0 Å². The molecule has 2 unspecified atom stereocenters. The van der Waals surface area contributed by atoms with Gasteiger partial charge < -0.3 is 10.0 Å². The number of hydrogen-bond acceptors (Lipinski definition) is 2. The highest BCUT2D eigenvalue weighted by Crippen LogP contribution is 2.34. The highest BCUT2D eigenvalue weighted by atomic mass is 16.4. The van der Waals surface area contributed by atoms with E-state index in [2.05, 4.69) is 0 Å². The van der Waals surface area contributed by atoms with Crippen LogP contribution in [0.1, 0.15) is 32.1 Å². The predicted molar refractivity (Wildman–Crippen MR) is 49.7 cm³/mol. The molecule has 0 aromatic heterocycles. The van der Waals surface area contributed by atoms with Crippen molar-refractivity contribution in [2.75, 3.05) is 6.54 Å². The van der Waals surface area contributed by atoms with Gasteiger partial charge in [0.15, 0.2) is 0 Å². The van der Waals surface area contributed by atoms with Crippen LogP contribution in [0.15, 0.2) is 0 Å². The standard InChI is InChI=1S/C10H15NO3/c12-9-5-7(6-10(13)14)8-3-1-2-4-11(8)9/h7-8H,1-6H2,(H,13,14). The summed E-state index contributed by atoms with van der Waals surface area (Å²) in [5.74, 6) is -0.573. The lowest BCUT2D eigenvalue weighted by Gasteiger charge is -2.32. The molecule has 1 amide bonds. The molecule has 2 rings (SSSR count). The van der Waals surface area contributed by atoms with Crippen molar-refractivity contribution in [2.24, 2.45) is 5.92 Å². The van der Waals surface area contributed by atoms with Crippen LogP contribution in [-0.4, -0.2) is 34.5 Å². The summed E-state index contributed by atoms with van der Waals surface area (Å²) in [7, 11) is 0. The van der Waals surface area contributed by atoms with Gasteiger partial charge in [0.25, 0.3) is 0 Å². The average molecular weight is 197 g/mol. The zero-order valence-corrected chi connectivity index (χ0v) is 8.11. The summed E-state index contributed by atoms with van der Waals surface area (Å²) in [6.07, 6.45) is 3.78. The van der Waals surface area contributed by atoms with E-state index in [0.717, 1.165) is 25.8 Å². The number of carboxylic acids is 1. The Morgan fingerprint density at radius 1 is 1.50 bits per heavy atom. The third-order valence-electron chi connectivity index (χ3n) is 3.29. The molecule has 2 aliphatic heterocycles. The second-order valence-electron chi connectivity index (χ2n) is 4.21. The molecule has 1 N–H and O–H groups in total. The zero-order valence-electron chi connectivity index (χ0n) is 8.11. The van der Waals surface area contributed by atoms with Crippen LogP contribution in [-0.2, 0) is 9.59 Å². The summed E-state index contributed by atoms with van der Waals surface area (Å²) in [4.78, 5) is 24.0. The lowest BCUT2D eigenvalue weighted by Crippen LogP contribution is -2.39. The molecule has 78 valence electrons. The first-order valence-corrected chi connectivity index (χ1v) is 5.20. The van der Waals surface area contributed by atoms with Gasteiger partial charge in [-0.25, -0.2) is 0 Å². The zero-order chi connectivity index (χ0) is 10.1. The molecule has 0 aliphatic carbocycles. The number of aliphatic carboxylic acids is 1. The Hall–Kier alpha value is -1.06. The summed E-state index contributed by atoms with van der Waals surface area (Å²) in [5, 5.41) is 8.72. The molecular weight excluding hydrogens is 182 g/mol. The topological polar surface area (TPSA) is 57.6 Å². The highest BCUT2D eigenvalue weighted by molar-refractivity contribution is 5.80. The number of piperidine rings is 1. The van der Waals surface area contributed by atoms with E-state index in [1.165, 1.54) is 0 Å². The van der Waals surface area contributed by atoms with Gasteiger partial charge in [-0.3, -0.25) is 9.59 Å². The van der Waals surface area contributed by atoms with Gasteiger partial charge in [-0.05, 0) is 25.2 Å². The normalized spacial score (nSPS) is 31.7. The molecule has 14 heavy (non-hydrogen) atoms. The Morgan fingerprint density at radius 2 is 2.29 bits per heavy atom. The number of rotatable bonds is 2. The Labute approximate surface area is 82.9 Å². The molecule has 0 radical (unpaired) electrons. The fourth-order valence-electron chi connectivity index (χ4n) is 2.67. The molecule has 2 aliphatic rings. The monoisotopic (exact) mass is 197 g/mol. The van der Waals surface area contributed by atoms with Gasteiger partial charge in [-0.1, -0.05) is 0 Å². The number of hydrogen-bond donors (Lipinski definition) is 1. The first-order valence-electron chi connectivity index (χ1n) is 5.20. The van der Waals surface area contributed by atoms with Gasteiger partial charge in [-0.2, -0.15) is 0 Å². The van der Waals surface area contributed by atoms with Gasteiger partial charge in [0.05, 0.1) is 6.42 Å². The van der Waals surface area contributed by atoms with Gasteiger partial charge in [0, 0.05) is 19.0 Å². The maximum atomic E-state index is 11.5. The molecule has 0 spiro atoms. The number of amides is 1. The molecule has 2 atom stereocenters. The minimum absolute atomic E-state index is 0.0558. The van der Waals surface area contributed by atoms with Gasteiger partial charge >= 0.3 is 5.97 Å². The van der Waals surface area contributed by atoms with E-state index in [9.17, 15) is 9.59 Å². The minimum Gasteiger partial charge on any atom is -0.481 e. The van der Waals surface area contributed by atoms with Crippen molar-refractivity contribution < 1.29 is 14.7 Å². The number of carbonyl (C=O) groups is 2. The quantitative estimate of drug-likeness (QED) is 0.714. The van der Waals surface area contributed by atoms with Crippen LogP contribution in [0.4, 0.5) is 0 Å². The first kappa shape index (κ1) is 9.49. The second-order valence-corrected chi connectivity index (χ2v) is 4.21. The molecule has 0 aromatic rings. The van der Waals surface area contributed by atoms with Gasteiger partial charge in [0.1, 0.15) is 0 Å². The summed E-state index contributed by atoms with van der Waals surface area (Å²) in [6, 6.07) is 0.215. The van der Waals surface area contributed by atoms with E-state index in [4.69, 9.17) is 5.11 Å². The maximum Gasteiger partial charge on any atom is 0.303 e. The van der Waals surface area contributed by atoms with Crippen LogP contribution in [0.3, 0.4) is 0 Å². The Balaban J connectivity index is 2.06. The van der Waals surface area contributed by atoms with Crippen molar-refractivity contribution in [1.29, 1.82) is 0 Å². The smallest absolute Gasteiger partial charge is 0.303 e. The van der Waals surface area contributed by atoms with Crippen LogP contribution in [0.5, 0.6) is 0 Å². The fourth-order valence-corrected chi connectivity index (χ4v) is 2.67. The van der Waals surface area contributed by atoms with Crippen molar-refractivity contribution in [1.82, 2.24) is 4.90 Å². The van der Waals surface area contributed by atoms with E-state index in [1.807, 2.05) is 4.90 Å². The van der Waals surface area contributed by atoms with E-state index < -0.39 is 5.97 Å². The van der Waals surface area contributed by atoms with Crippen LogP contribution in [0, 0.1) is 5.92 Å². The Bertz CT molecular complexity index is 264.